The van der Waals surface area contributed by atoms with E-state index in [4.69, 9.17) is 11.6 Å². The van der Waals surface area contributed by atoms with Crippen molar-refractivity contribution in [1.82, 2.24) is 15.0 Å². The normalized spacial score (nSPS) is 14.3. The van der Waals surface area contributed by atoms with E-state index in [0.29, 0.717) is 20.8 Å². The molecule has 4 rings (SSSR count). The number of thiophene rings is 1. The first-order chi connectivity index (χ1) is 13.2. The Hall–Kier alpha value is -2.71. The molecule has 0 unspecified atom stereocenters. The van der Waals surface area contributed by atoms with Gasteiger partial charge >= 0.3 is 0 Å². The molecule has 9 heteroatoms. The van der Waals surface area contributed by atoms with Crippen LogP contribution in [0.5, 0.6) is 0 Å². The fraction of sp³-hybridized carbons (Fsp3) is 0.222. The van der Waals surface area contributed by atoms with Gasteiger partial charge in [0.25, 0.3) is 5.91 Å². The minimum atomic E-state index is -0.216. The molecule has 0 bridgehead atoms. The van der Waals surface area contributed by atoms with Crippen LogP contribution in [0.1, 0.15) is 9.67 Å². The van der Waals surface area contributed by atoms with Crippen molar-refractivity contribution in [3.8, 4) is 0 Å². The zero-order chi connectivity index (χ0) is 18.6. The Morgan fingerprint density at radius 3 is 2.37 bits per heavy atom. The standard InChI is InChI=1S/C18H17ClN6OS/c19-15-5-4-14(27-15)17(26)23-13-11-21-18(22-12-13)25-9-7-24(8-10-25)16-3-1-2-6-20-16/h1-6,11-12H,7-10H2,(H,23,26). The van der Waals surface area contributed by atoms with Gasteiger partial charge in [0, 0.05) is 32.4 Å². The molecule has 0 aromatic carbocycles. The molecule has 0 saturated carbocycles. The van der Waals surface area contributed by atoms with Crippen LogP contribution in [0.25, 0.3) is 0 Å². The number of pyridine rings is 1. The number of nitrogens with zero attached hydrogens (tertiary/aromatic N) is 5. The highest BCUT2D eigenvalue weighted by Gasteiger charge is 2.20. The lowest BCUT2D eigenvalue weighted by atomic mass is 10.3. The van der Waals surface area contributed by atoms with Crippen LogP contribution in [-0.4, -0.2) is 47.0 Å². The number of halogens is 1. The third kappa shape index (κ3) is 4.17. The lowest BCUT2D eigenvalue weighted by Gasteiger charge is -2.35. The molecule has 1 aliphatic heterocycles. The van der Waals surface area contributed by atoms with Crippen molar-refractivity contribution in [3.05, 3.63) is 58.1 Å². The summed E-state index contributed by atoms with van der Waals surface area (Å²) >= 11 is 7.10. The van der Waals surface area contributed by atoms with Gasteiger partial charge in [-0.3, -0.25) is 4.79 Å². The van der Waals surface area contributed by atoms with Gasteiger partial charge < -0.3 is 15.1 Å². The van der Waals surface area contributed by atoms with E-state index in [2.05, 4.69) is 30.1 Å². The number of nitrogens with one attached hydrogen (secondary N) is 1. The molecule has 7 nitrogen and oxygen atoms in total. The maximum absolute atomic E-state index is 12.1. The molecule has 138 valence electrons. The first-order valence-electron chi connectivity index (χ1n) is 8.49. The number of carbonyl (C=O) groups is 1. The molecule has 1 aliphatic rings. The Bertz CT molecular complexity index is 909. The van der Waals surface area contributed by atoms with Gasteiger partial charge in [-0.05, 0) is 24.3 Å². The van der Waals surface area contributed by atoms with Crippen molar-refractivity contribution in [2.75, 3.05) is 41.3 Å². The van der Waals surface area contributed by atoms with Crippen molar-refractivity contribution >= 4 is 46.3 Å². The quantitative estimate of drug-likeness (QED) is 0.725. The summed E-state index contributed by atoms with van der Waals surface area (Å²) in [4.78, 5) is 30.3. The molecular formula is C18H17ClN6OS. The third-order valence-corrected chi connectivity index (χ3v) is 5.46. The van der Waals surface area contributed by atoms with Gasteiger partial charge in [-0.15, -0.1) is 11.3 Å². The van der Waals surface area contributed by atoms with Crippen molar-refractivity contribution in [2.45, 2.75) is 0 Å². The Morgan fingerprint density at radius 2 is 1.74 bits per heavy atom. The third-order valence-electron chi connectivity index (χ3n) is 4.23. The minimum Gasteiger partial charge on any atom is -0.353 e. The number of hydrogen-bond acceptors (Lipinski definition) is 7. The molecule has 1 amide bonds. The summed E-state index contributed by atoms with van der Waals surface area (Å²) in [5, 5.41) is 2.78. The molecule has 0 spiro atoms. The first kappa shape index (κ1) is 17.7. The van der Waals surface area contributed by atoms with Gasteiger partial charge in [-0.25, -0.2) is 15.0 Å². The Morgan fingerprint density at radius 1 is 1.00 bits per heavy atom. The Labute approximate surface area is 165 Å². The first-order valence-corrected chi connectivity index (χ1v) is 9.68. The summed E-state index contributed by atoms with van der Waals surface area (Å²) in [5.41, 5.74) is 0.556. The van der Waals surface area contributed by atoms with E-state index in [1.165, 1.54) is 11.3 Å². The summed E-state index contributed by atoms with van der Waals surface area (Å²) in [7, 11) is 0. The number of carbonyl (C=O) groups excluding carboxylic acids is 1. The summed E-state index contributed by atoms with van der Waals surface area (Å²) in [5.74, 6) is 1.44. The van der Waals surface area contributed by atoms with E-state index in [1.807, 2.05) is 24.4 Å². The van der Waals surface area contributed by atoms with E-state index in [1.54, 1.807) is 24.5 Å². The molecule has 1 fully saturated rings. The molecule has 1 N–H and O–H groups in total. The smallest absolute Gasteiger partial charge is 0.265 e. The van der Waals surface area contributed by atoms with E-state index in [0.717, 1.165) is 32.0 Å². The van der Waals surface area contributed by atoms with E-state index in [9.17, 15) is 4.79 Å². The van der Waals surface area contributed by atoms with E-state index < -0.39 is 0 Å². The summed E-state index contributed by atoms with van der Waals surface area (Å²) in [6, 6.07) is 9.32. The fourth-order valence-electron chi connectivity index (χ4n) is 2.85. The lowest BCUT2D eigenvalue weighted by Crippen LogP contribution is -2.47. The van der Waals surface area contributed by atoms with Gasteiger partial charge in [0.1, 0.15) is 5.82 Å². The Balaban J connectivity index is 1.35. The van der Waals surface area contributed by atoms with Gasteiger partial charge in [0.2, 0.25) is 5.95 Å². The SMILES string of the molecule is O=C(Nc1cnc(N2CCN(c3ccccn3)CC2)nc1)c1ccc(Cl)s1. The average molecular weight is 401 g/mol. The molecule has 0 aliphatic carbocycles. The number of amides is 1. The number of aromatic nitrogens is 3. The van der Waals surface area contributed by atoms with Gasteiger partial charge in [-0.1, -0.05) is 17.7 Å². The number of anilines is 3. The second-order valence-corrected chi connectivity index (χ2v) is 7.71. The topological polar surface area (TPSA) is 74.2 Å². The van der Waals surface area contributed by atoms with E-state index >= 15 is 0 Å². The van der Waals surface area contributed by atoms with Crippen LogP contribution in [0.15, 0.2) is 48.9 Å². The molecular weight excluding hydrogens is 384 g/mol. The molecule has 0 atom stereocenters. The summed E-state index contributed by atoms with van der Waals surface area (Å²) in [6.07, 6.45) is 5.06. The molecule has 4 heterocycles. The van der Waals surface area contributed by atoms with Crippen molar-refractivity contribution < 1.29 is 4.79 Å². The summed E-state index contributed by atoms with van der Waals surface area (Å²) in [6.45, 7) is 3.35. The highest BCUT2D eigenvalue weighted by Crippen LogP contribution is 2.22. The van der Waals surface area contributed by atoms with Gasteiger partial charge in [-0.2, -0.15) is 0 Å². The lowest BCUT2D eigenvalue weighted by molar-refractivity contribution is 0.103. The number of piperazine rings is 1. The number of rotatable bonds is 4. The largest absolute Gasteiger partial charge is 0.353 e. The van der Waals surface area contributed by atoms with Crippen LogP contribution in [0.3, 0.4) is 0 Å². The van der Waals surface area contributed by atoms with Crippen molar-refractivity contribution in [1.29, 1.82) is 0 Å². The van der Waals surface area contributed by atoms with Crippen LogP contribution in [0, 0.1) is 0 Å². The highest BCUT2D eigenvalue weighted by atomic mass is 35.5. The minimum absolute atomic E-state index is 0.216. The zero-order valence-corrected chi connectivity index (χ0v) is 16.0. The van der Waals surface area contributed by atoms with E-state index in [-0.39, 0.29) is 5.91 Å². The molecule has 0 radical (unpaired) electrons. The van der Waals surface area contributed by atoms with Gasteiger partial charge in [0.15, 0.2) is 0 Å². The second-order valence-electron chi connectivity index (χ2n) is 5.99. The maximum Gasteiger partial charge on any atom is 0.265 e. The van der Waals surface area contributed by atoms with Crippen LogP contribution < -0.4 is 15.1 Å². The summed E-state index contributed by atoms with van der Waals surface area (Å²) < 4.78 is 0.580. The second kappa shape index (κ2) is 7.89. The molecule has 1 saturated heterocycles. The molecule has 3 aromatic heterocycles. The van der Waals surface area contributed by atoms with Crippen LogP contribution in [0.4, 0.5) is 17.5 Å². The number of hydrogen-bond donors (Lipinski definition) is 1. The van der Waals surface area contributed by atoms with Crippen LogP contribution in [0.2, 0.25) is 4.34 Å². The monoisotopic (exact) mass is 400 g/mol. The van der Waals surface area contributed by atoms with Crippen molar-refractivity contribution in [3.63, 3.8) is 0 Å². The van der Waals surface area contributed by atoms with Crippen LogP contribution in [-0.2, 0) is 0 Å². The fourth-order valence-corrected chi connectivity index (χ4v) is 3.79. The molecule has 27 heavy (non-hydrogen) atoms. The molecule has 3 aromatic rings. The maximum atomic E-state index is 12.1. The predicted molar refractivity (Wildman–Crippen MR) is 108 cm³/mol. The van der Waals surface area contributed by atoms with Gasteiger partial charge in [0.05, 0.1) is 27.3 Å². The average Bonchev–Trinajstić information content (AvgIpc) is 3.16. The Kier molecular flexibility index (Phi) is 5.17. The zero-order valence-electron chi connectivity index (χ0n) is 14.4. The highest BCUT2D eigenvalue weighted by molar-refractivity contribution is 7.18. The predicted octanol–water partition coefficient (Wildman–Crippen LogP) is 3.17. The van der Waals surface area contributed by atoms with Crippen LogP contribution >= 0.6 is 22.9 Å². The van der Waals surface area contributed by atoms with Crippen molar-refractivity contribution in [2.24, 2.45) is 0 Å².